The van der Waals surface area contributed by atoms with Crippen molar-refractivity contribution in [2.45, 2.75) is 26.6 Å². The highest BCUT2D eigenvalue weighted by Gasteiger charge is 2.23. The Labute approximate surface area is 228 Å². The van der Waals surface area contributed by atoms with Crippen molar-refractivity contribution in [2.75, 3.05) is 0 Å². The topological polar surface area (TPSA) is 43.9 Å². The van der Waals surface area contributed by atoms with Gasteiger partial charge in [0.15, 0.2) is 0 Å². The molecule has 39 heavy (non-hydrogen) atoms. The maximum absolute atomic E-state index is 6.64. The van der Waals surface area contributed by atoms with Gasteiger partial charge in [0.05, 0.1) is 36.1 Å². The molecule has 0 amide bonds. The van der Waals surface area contributed by atoms with Gasteiger partial charge in [-0.3, -0.25) is 9.55 Å². The predicted molar refractivity (Wildman–Crippen MR) is 165 cm³/mol. The summed E-state index contributed by atoms with van der Waals surface area (Å²) in [5.41, 5.74) is 8.66. The van der Waals surface area contributed by atoms with Crippen molar-refractivity contribution in [3.05, 3.63) is 109 Å². The molecule has 0 N–H and O–H groups in total. The number of imidazole rings is 1. The molecule has 7 aromatic rings. The summed E-state index contributed by atoms with van der Waals surface area (Å²) >= 11 is 0. The Balaban J connectivity index is 1.53. The lowest BCUT2D eigenvalue weighted by molar-refractivity contribution is 0.669. The number of pyridine rings is 1. The smallest absolute Gasteiger partial charge is 0.149 e. The van der Waals surface area contributed by atoms with Gasteiger partial charge >= 0.3 is 0 Å². The quantitative estimate of drug-likeness (QED) is 0.217. The maximum Gasteiger partial charge on any atom is 0.149 e. The highest BCUT2D eigenvalue weighted by Crippen LogP contribution is 2.38. The molecule has 0 fully saturated rings. The zero-order valence-corrected chi connectivity index (χ0v) is 23.6. The molecule has 3 heterocycles. The van der Waals surface area contributed by atoms with Gasteiger partial charge in [-0.05, 0) is 37.3 Å². The summed E-state index contributed by atoms with van der Waals surface area (Å²) in [5, 5.41) is 3.64. The molecule has 0 aliphatic carbocycles. The van der Waals surface area contributed by atoms with Gasteiger partial charge in [0.1, 0.15) is 17.0 Å². The molecule has 4 nitrogen and oxygen atoms in total. The van der Waals surface area contributed by atoms with E-state index in [4.69, 9.17) is 14.4 Å². The number of aromatic nitrogens is 3. The largest absolute Gasteiger partial charge is 0.455 e. The summed E-state index contributed by atoms with van der Waals surface area (Å²) in [6.07, 6.45) is 0. The van der Waals surface area contributed by atoms with Crippen LogP contribution < -0.4 is 5.19 Å². The van der Waals surface area contributed by atoms with Crippen LogP contribution in [0.4, 0.5) is 0 Å². The lowest BCUT2D eigenvalue weighted by Crippen LogP contribution is -2.37. The first-order valence-corrected chi connectivity index (χ1v) is 16.9. The predicted octanol–water partition coefficient (Wildman–Crippen LogP) is 8.51. The number of rotatable bonds is 4. The third kappa shape index (κ3) is 3.89. The van der Waals surface area contributed by atoms with Crippen LogP contribution in [0, 0.1) is 6.92 Å². The van der Waals surface area contributed by atoms with Gasteiger partial charge < -0.3 is 4.42 Å². The fourth-order valence-corrected chi connectivity index (χ4v) is 6.63. The summed E-state index contributed by atoms with van der Waals surface area (Å²) in [7, 11) is -1.48. The van der Waals surface area contributed by atoms with E-state index in [0.717, 1.165) is 67.0 Å². The number of hydrogen-bond acceptors (Lipinski definition) is 3. The van der Waals surface area contributed by atoms with Gasteiger partial charge in [0.25, 0.3) is 0 Å². The molecular weight excluding hydrogens is 494 g/mol. The fraction of sp³-hybridized carbons (Fsp3) is 0.118. The molecule has 0 unspecified atom stereocenters. The number of aryl methyl sites for hydroxylation is 1. The zero-order chi connectivity index (χ0) is 26.7. The van der Waals surface area contributed by atoms with E-state index in [1.807, 2.05) is 24.3 Å². The van der Waals surface area contributed by atoms with Crippen LogP contribution in [0.15, 0.2) is 108 Å². The van der Waals surface area contributed by atoms with Crippen LogP contribution >= 0.6 is 0 Å². The molecule has 5 heteroatoms. The van der Waals surface area contributed by atoms with Crippen LogP contribution in [0.3, 0.4) is 0 Å². The molecule has 0 atom stereocenters. The van der Waals surface area contributed by atoms with Crippen molar-refractivity contribution in [1.82, 2.24) is 14.5 Å². The highest BCUT2D eigenvalue weighted by atomic mass is 28.3. The van der Waals surface area contributed by atoms with E-state index in [1.165, 1.54) is 5.19 Å². The van der Waals surface area contributed by atoms with E-state index < -0.39 is 8.07 Å². The van der Waals surface area contributed by atoms with E-state index in [1.54, 1.807) is 0 Å². The van der Waals surface area contributed by atoms with E-state index >= 15 is 0 Å². The molecule has 0 saturated heterocycles. The average Bonchev–Trinajstić information content (AvgIpc) is 3.52. The second kappa shape index (κ2) is 8.78. The number of para-hydroxylation sites is 2. The molecule has 4 aromatic carbocycles. The SMILES string of the molecule is Cc1nc(-c2ccccc2)cc2nc(-c3cccc4c3oc3cc([Si](C)(C)C)ccc34)n(-c3ccccc3)c12. The Kier molecular flexibility index (Phi) is 5.32. The summed E-state index contributed by atoms with van der Waals surface area (Å²) in [6.45, 7) is 9.17. The lowest BCUT2D eigenvalue weighted by atomic mass is 10.1. The van der Waals surface area contributed by atoms with Crippen LogP contribution in [0.5, 0.6) is 0 Å². The Morgan fingerprint density at radius 3 is 2.21 bits per heavy atom. The average molecular weight is 524 g/mol. The minimum absolute atomic E-state index is 0.849. The Bertz CT molecular complexity index is 2000. The zero-order valence-electron chi connectivity index (χ0n) is 22.6. The minimum atomic E-state index is -1.48. The second-order valence-electron chi connectivity index (χ2n) is 11.2. The van der Waals surface area contributed by atoms with Crippen molar-refractivity contribution >= 4 is 46.2 Å². The third-order valence-corrected chi connectivity index (χ3v) is 9.54. The molecule has 0 saturated carbocycles. The summed E-state index contributed by atoms with van der Waals surface area (Å²) < 4.78 is 8.86. The Hall–Kier alpha value is -4.48. The highest BCUT2D eigenvalue weighted by molar-refractivity contribution is 6.88. The van der Waals surface area contributed by atoms with Crippen LogP contribution in [0.1, 0.15) is 5.69 Å². The first-order valence-electron chi connectivity index (χ1n) is 13.4. The van der Waals surface area contributed by atoms with Crippen molar-refractivity contribution in [3.8, 4) is 28.3 Å². The van der Waals surface area contributed by atoms with E-state index in [2.05, 4.69) is 110 Å². The number of fused-ring (bicyclic) bond motifs is 4. The van der Waals surface area contributed by atoms with Gasteiger partial charge in [-0.2, -0.15) is 0 Å². The normalized spacial score (nSPS) is 12.1. The van der Waals surface area contributed by atoms with Crippen LogP contribution in [-0.4, -0.2) is 22.6 Å². The molecule has 7 rings (SSSR count). The number of benzene rings is 4. The van der Waals surface area contributed by atoms with E-state index in [9.17, 15) is 0 Å². The van der Waals surface area contributed by atoms with Gasteiger partial charge in [0, 0.05) is 22.0 Å². The summed E-state index contributed by atoms with van der Waals surface area (Å²) in [5.74, 6) is 0.849. The third-order valence-electron chi connectivity index (χ3n) is 7.50. The van der Waals surface area contributed by atoms with E-state index in [0.29, 0.717) is 0 Å². The summed E-state index contributed by atoms with van der Waals surface area (Å²) in [4.78, 5) is 10.3. The molecule has 0 aliphatic rings. The second-order valence-corrected chi connectivity index (χ2v) is 16.3. The van der Waals surface area contributed by atoms with Gasteiger partial charge in [-0.15, -0.1) is 0 Å². The van der Waals surface area contributed by atoms with Crippen molar-refractivity contribution in [1.29, 1.82) is 0 Å². The molecule has 0 bridgehead atoms. The molecular formula is C34H29N3OSi. The summed E-state index contributed by atoms with van der Waals surface area (Å²) in [6, 6.07) is 35.9. The molecule has 3 aromatic heterocycles. The van der Waals surface area contributed by atoms with Gasteiger partial charge in [0.2, 0.25) is 0 Å². The van der Waals surface area contributed by atoms with Crippen molar-refractivity contribution in [2.24, 2.45) is 0 Å². The lowest BCUT2D eigenvalue weighted by Gasteiger charge is -2.15. The maximum atomic E-state index is 6.64. The van der Waals surface area contributed by atoms with Crippen molar-refractivity contribution < 1.29 is 4.42 Å². The van der Waals surface area contributed by atoms with Crippen LogP contribution in [-0.2, 0) is 0 Å². The standard InChI is InChI=1S/C34H29N3OSi/c1-22-32-30(21-29(35-22)23-12-7-5-8-13-23)36-34(37(32)24-14-9-6-10-15-24)28-17-11-16-27-26-19-18-25(39(2,3)4)20-31(26)38-33(27)28/h5-21H,1-4H3. The molecule has 0 aliphatic heterocycles. The Morgan fingerprint density at radius 1 is 0.718 bits per heavy atom. The number of hydrogen-bond donors (Lipinski definition) is 0. The fourth-order valence-electron chi connectivity index (χ4n) is 5.49. The minimum Gasteiger partial charge on any atom is -0.455 e. The number of furan rings is 1. The van der Waals surface area contributed by atoms with Gasteiger partial charge in [-0.25, -0.2) is 4.98 Å². The van der Waals surface area contributed by atoms with Crippen LogP contribution in [0.2, 0.25) is 19.6 Å². The molecule has 0 radical (unpaired) electrons. The first-order chi connectivity index (χ1) is 18.9. The van der Waals surface area contributed by atoms with Crippen molar-refractivity contribution in [3.63, 3.8) is 0 Å². The Morgan fingerprint density at radius 2 is 1.46 bits per heavy atom. The van der Waals surface area contributed by atoms with Crippen LogP contribution in [0.25, 0.3) is 61.3 Å². The molecule has 0 spiro atoms. The van der Waals surface area contributed by atoms with Gasteiger partial charge in [-0.1, -0.05) is 97.6 Å². The number of nitrogens with zero attached hydrogens (tertiary/aromatic N) is 3. The van der Waals surface area contributed by atoms with E-state index in [-0.39, 0.29) is 0 Å². The first kappa shape index (κ1) is 23.6. The molecule has 190 valence electrons. The monoisotopic (exact) mass is 523 g/mol.